The first-order valence-corrected chi connectivity index (χ1v) is 8.03. The van der Waals surface area contributed by atoms with Crippen molar-refractivity contribution in [3.05, 3.63) is 59.2 Å². The van der Waals surface area contributed by atoms with E-state index < -0.39 is 5.97 Å². The van der Waals surface area contributed by atoms with Gasteiger partial charge in [0.25, 0.3) is 0 Å². The summed E-state index contributed by atoms with van der Waals surface area (Å²) in [5.41, 5.74) is 1.55. The zero-order valence-corrected chi connectivity index (χ0v) is 14.7. The second-order valence-corrected chi connectivity index (χ2v) is 5.71. The molecule has 1 N–H and O–H groups in total. The number of ether oxygens (including phenoxy) is 2. The molecule has 0 saturated heterocycles. The van der Waals surface area contributed by atoms with Crippen LogP contribution in [0.1, 0.15) is 39.1 Å². The molecule has 136 valence electrons. The summed E-state index contributed by atoms with van der Waals surface area (Å²) in [5.74, 6) is -0.580. The zero-order chi connectivity index (χ0) is 19.1. The van der Waals surface area contributed by atoms with Crippen molar-refractivity contribution in [2.45, 2.75) is 19.3 Å². The second kappa shape index (κ2) is 8.80. The second-order valence-electron chi connectivity index (χ2n) is 5.71. The number of aryl methyl sites for hydroxylation is 1. The van der Waals surface area contributed by atoms with E-state index in [1.807, 2.05) is 0 Å². The molecule has 0 fully saturated rings. The van der Waals surface area contributed by atoms with Crippen LogP contribution in [0.2, 0.25) is 0 Å². The van der Waals surface area contributed by atoms with Gasteiger partial charge in [-0.15, -0.1) is 0 Å². The molecule has 0 aromatic heterocycles. The number of esters is 1. The molecule has 0 saturated carbocycles. The maximum atomic E-state index is 12.2. The van der Waals surface area contributed by atoms with Gasteiger partial charge in [0, 0.05) is 12.0 Å². The van der Waals surface area contributed by atoms with Crippen LogP contribution in [0.4, 0.5) is 0 Å². The standard InChI is InChI=1S/C20H20O6/c1-25-19-11-13(4-10-17(19)22)3-9-16(21)12-18(23)14-5-7-15(8-6-14)20(24)26-2/h4-8,10-11,22H,3,9,12H2,1-2H3. The molecule has 0 aliphatic heterocycles. The van der Waals surface area contributed by atoms with Crippen LogP contribution in [0.15, 0.2) is 42.5 Å². The molecule has 0 amide bonds. The van der Waals surface area contributed by atoms with Crippen LogP contribution in [0.25, 0.3) is 0 Å². The fourth-order valence-corrected chi connectivity index (χ4v) is 2.44. The van der Waals surface area contributed by atoms with E-state index in [0.717, 1.165) is 5.56 Å². The molecule has 6 nitrogen and oxygen atoms in total. The summed E-state index contributed by atoms with van der Waals surface area (Å²) in [6.07, 6.45) is 0.455. The predicted molar refractivity (Wildman–Crippen MR) is 94.7 cm³/mol. The van der Waals surface area contributed by atoms with Gasteiger partial charge in [0.1, 0.15) is 5.78 Å². The van der Waals surface area contributed by atoms with Gasteiger partial charge < -0.3 is 14.6 Å². The molecule has 2 rings (SSSR count). The molecule has 0 aliphatic carbocycles. The highest BCUT2D eigenvalue weighted by atomic mass is 16.5. The number of hydrogen-bond acceptors (Lipinski definition) is 6. The molecule has 0 spiro atoms. The monoisotopic (exact) mass is 356 g/mol. The lowest BCUT2D eigenvalue weighted by atomic mass is 10.0. The number of ketones is 2. The van der Waals surface area contributed by atoms with Gasteiger partial charge >= 0.3 is 5.97 Å². The average molecular weight is 356 g/mol. The molecule has 0 heterocycles. The van der Waals surface area contributed by atoms with Gasteiger partial charge in [-0.25, -0.2) is 4.79 Å². The minimum Gasteiger partial charge on any atom is -0.504 e. The molecular weight excluding hydrogens is 336 g/mol. The number of phenols is 1. The molecule has 0 bridgehead atoms. The lowest BCUT2D eigenvalue weighted by Crippen LogP contribution is -2.09. The first-order chi connectivity index (χ1) is 12.4. The third-order valence-corrected chi connectivity index (χ3v) is 3.92. The number of aromatic hydroxyl groups is 1. The predicted octanol–water partition coefficient (Wildman–Crippen LogP) is 2.96. The largest absolute Gasteiger partial charge is 0.504 e. The summed E-state index contributed by atoms with van der Waals surface area (Å²) in [4.78, 5) is 35.6. The Morgan fingerprint density at radius 3 is 2.23 bits per heavy atom. The number of hydrogen-bond donors (Lipinski definition) is 1. The maximum absolute atomic E-state index is 12.2. The maximum Gasteiger partial charge on any atom is 0.337 e. The lowest BCUT2D eigenvalue weighted by molar-refractivity contribution is -0.118. The average Bonchev–Trinajstić information content (AvgIpc) is 2.66. The fourth-order valence-electron chi connectivity index (χ4n) is 2.44. The Bertz CT molecular complexity index is 808. The van der Waals surface area contributed by atoms with Crippen LogP contribution < -0.4 is 4.74 Å². The Morgan fingerprint density at radius 2 is 1.62 bits per heavy atom. The lowest BCUT2D eigenvalue weighted by Gasteiger charge is -2.06. The van der Waals surface area contributed by atoms with Crippen LogP contribution in [0.3, 0.4) is 0 Å². The summed E-state index contributed by atoms with van der Waals surface area (Å²) < 4.78 is 9.62. The molecule has 0 atom stereocenters. The summed E-state index contributed by atoms with van der Waals surface area (Å²) >= 11 is 0. The van der Waals surface area contributed by atoms with Crippen molar-refractivity contribution < 1.29 is 29.0 Å². The van der Waals surface area contributed by atoms with E-state index in [1.165, 1.54) is 44.6 Å². The van der Waals surface area contributed by atoms with E-state index in [1.54, 1.807) is 12.1 Å². The molecule has 0 aliphatic rings. The van der Waals surface area contributed by atoms with Crippen molar-refractivity contribution in [2.24, 2.45) is 0 Å². The number of phenolic OH excluding ortho intramolecular Hbond substituents is 1. The molecule has 26 heavy (non-hydrogen) atoms. The Labute approximate surface area is 151 Å². The van der Waals surface area contributed by atoms with Crippen LogP contribution >= 0.6 is 0 Å². The van der Waals surface area contributed by atoms with Gasteiger partial charge in [-0.05, 0) is 36.2 Å². The van der Waals surface area contributed by atoms with Crippen LogP contribution in [0, 0.1) is 0 Å². The number of carbonyl (C=O) groups is 3. The van der Waals surface area contributed by atoms with E-state index in [0.29, 0.717) is 23.3 Å². The van der Waals surface area contributed by atoms with Crippen molar-refractivity contribution in [3.63, 3.8) is 0 Å². The number of rotatable bonds is 8. The SMILES string of the molecule is COC(=O)c1ccc(C(=O)CC(=O)CCc2ccc(O)c(OC)c2)cc1. The van der Waals surface area contributed by atoms with Gasteiger partial charge in [0.15, 0.2) is 17.3 Å². The van der Waals surface area contributed by atoms with Crippen molar-refractivity contribution in [1.29, 1.82) is 0 Å². The quantitative estimate of drug-likeness (QED) is 0.444. The van der Waals surface area contributed by atoms with E-state index in [4.69, 9.17) is 4.74 Å². The summed E-state index contributed by atoms with van der Waals surface area (Å²) in [7, 11) is 2.73. The molecule has 2 aromatic carbocycles. The van der Waals surface area contributed by atoms with Gasteiger partial charge in [-0.2, -0.15) is 0 Å². The first kappa shape index (κ1) is 19.2. The molecule has 6 heteroatoms. The highest BCUT2D eigenvalue weighted by molar-refractivity contribution is 6.08. The van der Waals surface area contributed by atoms with Gasteiger partial charge in [-0.1, -0.05) is 18.2 Å². The van der Waals surface area contributed by atoms with E-state index in [-0.39, 0.29) is 30.2 Å². The Morgan fingerprint density at radius 1 is 0.962 bits per heavy atom. The molecular formula is C20H20O6. The van der Waals surface area contributed by atoms with E-state index >= 15 is 0 Å². The van der Waals surface area contributed by atoms with Crippen LogP contribution in [-0.2, 0) is 16.0 Å². The normalized spacial score (nSPS) is 10.2. The highest BCUT2D eigenvalue weighted by Gasteiger charge is 2.14. The molecule has 2 aromatic rings. The van der Waals surface area contributed by atoms with Crippen LogP contribution in [-0.4, -0.2) is 36.9 Å². The van der Waals surface area contributed by atoms with Crippen molar-refractivity contribution in [3.8, 4) is 11.5 Å². The third-order valence-electron chi connectivity index (χ3n) is 3.92. The van der Waals surface area contributed by atoms with Gasteiger partial charge in [0.2, 0.25) is 0 Å². The summed E-state index contributed by atoms with van der Waals surface area (Å²) in [5, 5.41) is 9.56. The van der Waals surface area contributed by atoms with Crippen molar-refractivity contribution in [2.75, 3.05) is 14.2 Å². The number of methoxy groups -OCH3 is 2. The number of carbonyl (C=O) groups excluding carboxylic acids is 3. The number of benzene rings is 2. The smallest absolute Gasteiger partial charge is 0.337 e. The first-order valence-electron chi connectivity index (χ1n) is 8.03. The van der Waals surface area contributed by atoms with Crippen molar-refractivity contribution in [1.82, 2.24) is 0 Å². The molecule has 0 radical (unpaired) electrons. The Hall–Kier alpha value is -3.15. The Balaban J connectivity index is 1.91. The zero-order valence-electron chi connectivity index (χ0n) is 14.7. The number of Topliss-reactive ketones (excluding diaryl/α,β-unsaturated/α-hetero) is 2. The van der Waals surface area contributed by atoms with Crippen molar-refractivity contribution >= 4 is 17.5 Å². The summed E-state index contributed by atoms with van der Waals surface area (Å²) in [6.45, 7) is 0. The topological polar surface area (TPSA) is 89.9 Å². The van der Waals surface area contributed by atoms with Gasteiger partial charge in [-0.3, -0.25) is 9.59 Å². The van der Waals surface area contributed by atoms with Crippen LogP contribution in [0.5, 0.6) is 11.5 Å². The third kappa shape index (κ3) is 4.92. The highest BCUT2D eigenvalue weighted by Crippen LogP contribution is 2.26. The minimum absolute atomic E-state index is 0.0353. The summed E-state index contributed by atoms with van der Waals surface area (Å²) in [6, 6.07) is 10.9. The van der Waals surface area contributed by atoms with Gasteiger partial charge in [0.05, 0.1) is 26.2 Å². The minimum atomic E-state index is -0.482. The molecule has 0 unspecified atom stereocenters. The van der Waals surface area contributed by atoms with E-state index in [9.17, 15) is 19.5 Å². The van der Waals surface area contributed by atoms with E-state index in [2.05, 4.69) is 4.74 Å². The Kier molecular flexibility index (Phi) is 6.49. The fraction of sp³-hybridized carbons (Fsp3) is 0.250.